The molecular formula is C21H19Cl2N3O4. The van der Waals surface area contributed by atoms with Crippen molar-refractivity contribution in [3.63, 3.8) is 0 Å². The van der Waals surface area contributed by atoms with E-state index in [9.17, 15) is 4.79 Å². The fourth-order valence-electron chi connectivity index (χ4n) is 2.88. The van der Waals surface area contributed by atoms with Crippen LogP contribution in [0.25, 0.3) is 11.3 Å². The number of anilines is 1. The van der Waals surface area contributed by atoms with Crippen molar-refractivity contribution in [1.82, 2.24) is 9.97 Å². The summed E-state index contributed by atoms with van der Waals surface area (Å²) in [5.41, 5.74) is 1.72. The first-order chi connectivity index (χ1) is 14.5. The number of benzene rings is 2. The number of hydrogen-bond donors (Lipinski definition) is 1. The molecule has 1 aromatic heterocycles. The van der Waals surface area contributed by atoms with Gasteiger partial charge in [-0.15, -0.1) is 0 Å². The zero-order chi connectivity index (χ0) is 21.7. The Bertz CT molecular complexity index is 1060. The Morgan fingerprint density at radius 3 is 2.33 bits per heavy atom. The molecule has 3 aromatic rings. The molecule has 0 saturated carbocycles. The minimum absolute atomic E-state index is 0.275. The van der Waals surface area contributed by atoms with Gasteiger partial charge in [0.05, 0.1) is 24.3 Å². The highest BCUT2D eigenvalue weighted by atomic mass is 35.5. The van der Waals surface area contributed by atoms with Crippen LogP contribution in [0, 0.1) is 0 Å². The van der Waals surface area contributed by atoms with Crippen molar-refractivity contribution in [1.29, 1.82) is 0 Å². The second-order valence-electron chi connectivity index (χ2n) is 6.10. The monoisotopic (exact) mass is 447 g/mol. The van der Waals surface area contributed by atoms with E-state index < -0.39 is 12.0 Å². The predicted molar refractivity (Wildman–Crippen MR) is 115 cm³/mol. The van der Waals surface area contributed by atoms with Crippen LogP contribution in [0.2, 0.25) is 10.0 Å². The molecule has 0 spiro atoms. The van der Waals surface area contributed by atoms with E-state index in [0.29, 0.717) is 38.4 Å². The standard InChI is InChI=1S/C21H19Cl2N3O4/c1-28-16-7-5-12(11-17(16)29-2)18-20(25-9-8-24-18)26-21(27)19(30-3)13-4-6-14(22)15(23)10-13/h4-11,19H,1-3H3,(H,25,26,27). The fourth-order valence-corrected chi connectivity index (χ4v) is 3.18. The van der Waals surface area contributed by atoms with Crippen molar-refractivity contribution in [2.45, 2.75) is 6.10 Å². The molecule has 0 aliphatic carbocycles. The molecule has 2 aromatic carbocycles. The lowest BCUT2D eigenvalue weighted by molar-refractivity contribution is -0.126. The number of carbonyl (C=O) groups excluding carboxylic acids is 1. The summed E-state index contributed by atoms with van der Waals surface area (Å²) in [7, 11) is 4.53. The van der Waals surface area contributed by atoms with Gasteiger partial charge in [-0.2, -0.15) is 0 Å². The highest BCUT2D eigenvalue weighted by Gasteiger charge is 2.23. The summed E-state index contributed by atoms with van der Waals surface area (Å²) in [5, 5.41) is 3.49. The number of rotatable bonds is 7. The molecule has 1 unspecified atom stereocenters. The summed E-state index contributed by atoms with van der Waals surface area (Å²) in [5.74, 6) is 0.952. The van der Waals surface area contributed by atoms with Crippen molar-refractivity contribution in [3.8, 4) is 22.8 Å². The molecule has 1 amide bonds. The number of nitrogens with one attached hydrogen (secondary N) is 1. The molecule has 0 aliphatic rings. The highest BCUT2D eigenvalue weighted by molar-refractivity contribution is 6.42. The summed E-state index contributed by atoms with van der Waals surface area (Å²) in [6.45, 7) is 0. The number of halogens is 2. The van der Waals surface area contributed by atoms with Gasteiger partial charge in [0, 0.05) is 25.1 Å². The van der Waals surface area contributed by atoms with Crippen LogP contribution in [0.3, 0.4) is 0 Å². The van der Waals surface area contributed by atoms with E-state index in [1.54, 1.807) is 50.6 Å². The highest BCUT2D eigenvalue weighted by Crippen LogP contribution is 2.34. The molecule has 9 heteroatoms. The SMILES string of the molecule is COc1ccc(-c2nccnc2NC(=O)C(OC)c2ccc(Cl)c(Cl)c2)cc1OC. The molecule has 0 aliphatic heterocycles. The second-order valence-corrected chi connectivity index (χ2v) is 6.92. The molecule has 1 heterocycles. The number of hydrogen-bond acceptors (Lipinski definition) is 6. The zero-order valence-corrected chi connectivity index (χ0v) is 18.0. The molecule has 30 heavy (non-hydrogen) atoms. The quantitative estimate of drug-likeness (QED) is 0.560. The minimum atomic E-state index is -0.917. The normalized spacial score (nSPS) is 11.6. The lowest BCUT2D eigenvalue weighted by atomic mass is 10.1. The van der Waals surface area contributed by atoms with E-state index in [4.69, 9.17) is 37.4 Å². The van der Waals surface area contributed by atoms with Crippen molar-refractivity contribution in [2.75, 3.05) is 26.6 Å². The van der Waals surface area contributed by atoms with Gasteiger partial charge in [-0.3, -0.25) is 9.78 Å². The van der Waals surface area contributed by atoms with Crippen LogP contribution in [0.4, 0.5) is 5.82 Å². The second kappa shape index (κ2) is 9.75. The smallest absolute Gasteiger partial charge is 0.259 e. The molecule has 0 bridgehead atoms. The average molecular weight is 448 g/mol. The van der Waals surface area contributed by atoms with Crippen molar-refractivity contribution in [2.24, 2.45) is 0 Å². The van der Waals surface area contributed by atoms with Crippen molar-refractivity contribution >= 4 is 34.9 Å². The Hall–Kier alpha value is -2.87. The van der Waals surface area contributed by atoms with Gasteiger partial charge in [0.2, 0.25) is 0 Å². The first kappa shape index (κ1) is 21.8. The topological polar surface area (TPSA) is 82.6 Å². The summed E-state index contributed by atoms with van der Waals surface area (Å²) in [6.07, 6.45) is 2.11. The van der Waals surface area contributed by atoms with E-state index in [0.717, 1.165) is 0 Å². The van der Waals surface area contributed by atoms with Gasteiger partial charge < -0.3 is 19.5 Å². The van der Waals surface area contributed by atoms with Gasteiger partial charge in [-0.05, 0) is 35.9 Å². The first-order valence-electron chi connectivity index (χ1n) is 8.80. The average Bonchev–Trinajstić information content (AvgIpc) is 2.76. The Morgan fingerprint density at radius 2 is 1.67 bits per heavy atom. The van der Waals surface area contributed by atoms with Crippen molar-refractivity contribution < 1.29 is 19.0 Å². The van der Waals surface area contributed by atoms with Gasteiger partial charge in [-0.25, -0.2) is 4.98 Å². The number of amides is 1. The molecule has 0 radical (unpaired) electrons. The van der Waals surface area contributed by atoms with Crippen LogP contribution in [0.15, 0.2) is 48.8 Å². The number of ether oxygens (including phenoxy) is 3. The number of methoxy groups -OCH3 is 3. The molecule has 3 rings (SSSR count). The minimum Gasteiger partial charge on any atom is -0.493 e. The third kappa shape index (κ3) is 4.64. The molecule has 0 fully saturated rings. The van der Waals surface area contributed by atoms with Crippen LogP contribution >= 0.6 is 23.2 Å². The van der Waals surface area contributed by atoms with Crippen LogP contribution in [0.1, 0.15) is 11.7 Å². The third-order valence-electron chi connectivity index (χ3n) is 4.32. The maximum Gasteiger partial charge on any atom is 0.259 e. The maximum atomic E-state index is 12.9. The zero-order valence-electron chi connectivity index (χ0n) is 16.5. The third-order valence-corrected chi connectivity index (χ3v) is 5.06. The number of aromatic nitrogens is 2. The molecule has 7 nitrogen and oxygen atoms in total. The van der Waals surface area contributed by atoms with Crippen LogP contribution in [-0.2, 0) is 9.53 Å². The predicted octanol–water partition coefficient (Wildman–Crippen LogP) is 4.79. The fraction of sp³-hybridized carbons (Fsp3) is 0.190. The molecular weight excluding hydrogens is 429 g/mol. The maximum absolute atomic E-state index is 12.9. The van der Waals surface area contributed by atoms with Gasteiger partial charge in [0.25, 0.3) is 5.91 Å². The lowest BCUT2D eigenvalue weighted by Crippen LogP contribution is -2.23. The Morgan fingerprint density at radius 1 is 0.933 bits per heavy atom. The Balaban J connectivity index is 1.92. The number of nitrogens with zero attached hydrogens (tertiary/aromatic N) is 2. The summed E-state index contributed by atoms with van der Waals surface area (Å²) in [4.78, 5) is 21.6. The first-order valence-corrected chi connectivity index (χ1v) is 9.56. The van der Waals surface area contributed by atoms with E-state index in [1.165, 1.54) is 19.5 Å². The van der Waals surface area contributed by atoms with E-state index in [2.05, 4.69) is 15.3 Å². The van der Waals surface area contributed by atoms with E-state index >= 15 is 0 Å². The number of carbonyl (C=O) groups is 1. The molecule has 156 valence electrons. The Labute approximate surface area is 183 Å². The summed E-state index contributed by atoms with van der Waals surface area (Å²) >= 11 is 12.0. The van der Waals surface area contributed by atoms with Gasteiger partial charge in [0.1, 0.15) is 5.69 Å². The van der Waals surface area contributed by atoms with Gasteiger partial charge in [-0.1, -0.05) is 29.3 Å². The largest absolute Gasteiger partial charge is 0.493 e. The lowest BCUT2D eigenvalue weighted by Gasteiger charge is -2.17. The molecule has 1 N–H and O–H groups in total. The van der Waals surface area contributed by atoms with Crippen LogP contribution < -0.4 is 14.8 Å². The Kier molecular flexibility index (Phi) is 7.10. The van der Waals surface area contributed by atoms with Crippen LogP contribution in [-0.4, -0.2) is 37.2 Å². The van der Waals surface area contributed by atoms with Crippen LogP contribution in [0.5, 0.6) is 11.5 Å². The summed E-state index contributed by atoms with van der Waals surface area (Å²) in [6, 6.07) is 10.2. The molecule has 1 atom stereocenters. The summed E-state index contributed by atoms with van der Waals surface area (Å²) < 4.78 is 16.0. The van der Waals surface area contributed by atoms with Gasteiger partial charge >= 0.3 is 0 Å². The van der Waals surface area contributed by atoms with Gasteiger partial charge in [0.15, 0.2) is 23.4 Å². The van der Waals surface area contributed by atoms with E-state index in [-0.39, 0.29) is 5.82 Å². The van der Waals surface area contributed by atoms with E-state index in [1.807, 2.05) is 0 Å². The molecule has 0 saturated heterocycles. The van der Waals surface area contributed by atoms with Crippen molar-refractivity contribution in [3.05, 3.63) is 64.4 Å².